The fourth-order valence-electron chi connectivity index (χ4n) is 2.87. The highest BCUT2D eigenvalue weighted by Crippen LogP contribution is 2.29. The van der Waals surface area contributed by atoms with Gasteiger partial charge < -0.3 is 19.8 Å². The van der Waals surface area contributed by atoms with Gasteiger partial charge in [-0.05, 0) is 32.9 Å². The Morgan fingerprint density at radius 2 is 2.00 bits per heavy atom. The average molecular weight is 382 g/mol. The van der Waals surface area contributed by atoms with Crippen LogP contribution in [0.3, 0.4) is 0 Å². The Balaban J connectivity index is 1.69. The first-order chi connectivity index (χ1) is 13.5. The molecule has 2 aromatic heterocycles. The number of carbonyl (C=O) groups excluding carboxylic acids is 2. The molecule has 146 valence electrons. The number of carbonyl (C=O) groups is 2. The van der Waals surface area contributed by atoms with Gasteiger partial charge in [0.05, 0.1) is 12.0 Å². The third-order valence-electron chi connectivity index (χ3n) is 4.13. The first-order valence-corrected chi connectivity index (χ1v) is 9.01. The van der Waals surface area contributed by atoms with E-state index in [-0.39, 0.29) is 12.5 Å². The van der Waals surface area contributed by atoms with E-state index in [1.807, 2.05) is 25.1 Å². The monoisotopic (exact) mass is 382 g/mol. The van der Waals surface area contributed by atoms with Crippen LogP contribution in [0.4, 0.5) is 5.82 Å². The highest BCUT2D eigenvalue weighted by Gasteiger charge is 2.23. The van der Waals surface area contributed by atoms with Gasteiger partial charge in [-0.3, -0.25) is 4.79 Å². The van der Waals surface area contributed by atoms with Gasteiger partial charge in [0, 0.05) is 18.7 Å². The maximum Gasteiger partial charge on any atom is 0.342 e. The number of furan rings is 1. The number of anilines is 1. The van der Waals surface area contributed by atoms with Crippen LogP contribution in [0.2, 0.25) is 0 Å². The molecule has 0 fully saturated rings. The van der Waals surface area contributed by atoms with Crippen LogP contribution in [0.1, 0.15) is 39.0 Å². The Morgan fingerprint density at radius 1 is 1.18 bits per heavy atom. The summed E-state index contributed by atoms with van der Waals surface area (Å²) in [6, 6.07) is 7.38. The van der Waals surface area contributed by atoms with Gasteiger partial charge in [-0.15, -0.1) is 0 Å². The van der Waals surface area contributed by atoms with Gasteiger partial charge in [-0.2, -0.15) is 0 Å². The zero-order valence-corrected chi connectivity index (χ0v) is 16.0. The average Bonchev–Trinajstić information content (AvgIpc) is 3.01. The Hall–Kier alpha value is -3.42. The summed E-state index contributed by atoms with van der Waals surface area (Å²) in [5, 5.41) is 6.45. The van der Waals surface area contributed by atoms with Crippen LogP contribution in [0.15, 0.2) is 35.0 Å². The van der Waals surface area contributed by atoms with Crippen molar-refractivity contribution in [1.29, 1.82) is 0 Å². The minimum Gasteiger partial charge on any atom is -0.462 e. The number of esters is 1. The number of nitrogens with one attached hydrogen (secondary N) is 2. The van der Waals surface area contributed by atoms with Crippen molar-refractivity contribution in [3.63, 3.8) is 0 Å². The molecule has 3 rings (SSSR count). The molecule has 0 aliphatic heterocycles. The molecule has 0 atom stereocenters. The highest BCUT2D eigenvalue weighted by atomic mass is 16.5. The van der Waals surface area contributed by atoms with Crippen molar-refractivity contribution in [2.24, 2.45) is 0 Å². The van der Waals surface area contributed by atoms with Crippen molar-refractivity contribution in [1.82, 2.24) is 15.3 Å². The van der Waals surface area contributed by atoms with Gasteiger partial charge >= 0.3 is 5.97 Å². The third-order valence-corrected chi connectivity index (χ3v) is 4.13. The van der Waals surface area contributed by atoms with E-state index in [4.69, 9.17) is 9.15 Å². The summed E-state index contributed by atoms with van der Waals surface area (Å²) in [4.78, 5) is 32.8. The van der Waals surface area contributed by atoms with Gasteiger partial charge in [0.2, 0.25) is 5.71 Å². The third kappa shape index (κ3) is 4.11. The number of aryl methyl sites for hydroxylation is 2. The summed E-state index contributed by atoms with van der Waals surface area (Å²) < 4.78 is 10.7. The Bertz CT molecular complexity index is 1010. The van der Waals surface area contributed by atoms with Crippen LogP contribution >= 0.6 is 0 Å². The second kappa shape index (κ2) is 8.51. The first kappa shape index (κ1) is 19.3. The lowest BCUT2D eigenvalue weighted by molar-refractivity contribution is 0.0526. The van der Waals surface area contributed by atoms with Gasteiger partial charge in [0.25, 0.3) is 5.91 Å². The lowest BCUT2D eigenvalue weighted by Crippen LogP contribution is -2.29. The van der Waals surface area contributed by atoms with E-state index < -0.39 is 5.97 Å². The summed E-state index contributed by atoms with van der Waals surface area (Å²) in [5.41, 5.74) is 2.25. The van der Waals surface area contributed by atoms with Gasteiger partial charge in [-0.25, -0.2) is 14.8 Å². The van der Waals surface area contributed by atoms with Crippen LogP contribution in [0.5, 0.6) is 0 Å². The van der Waals surface area contributed by atoms with E-state index in [9.17, 15) is 9.59 Å². The normalized spacial score (nSPS) is 10.7. The minimum atomic E-state index is -0.482. The van der Waals surface area contributed by atoms with E-state index in [2.05, 4.69) is 20.6 Å². The molecule has 8 heteroatoms. The second-order valence-corrected chi connectivity index (χ2v) is 6.21. The van der Waals surface area contributed by atoms with Crippen LogP contribution in [-0.2, 0) is 4.74 Å². The fourth-order valence-corrected chi connectivity index (χ4v) is 2.87. The molecule has 0 aliphatic rings. The molecule has 0 radical (unpaired) electrons. The summed E-state index contributed by atoms with van der Waals surface area (Å²) >= 11 is 0. The lowest BCUT2D eigenvalue weighted by atomic mass is 10.1. The van der Waals surface area contributed by atoms with Crippen LogP contribution < -0.4 is 10.6 Å². The lowest BCUT2D eigenvalue weighted by Gasteiger charge is -2.09. The number of ether oxygens (including phenoxy) is 1. The van der Waals surface area contributed by atoms with Gasteiger partial charge in [0.15, 0.2) is 0 Å². The SMILES string of the molecule is CCOC(=O)c1c(C)oc2ncnc(NCCNC(=O)c3cccc(C)c3)c12. The molecule has 8 nitrogen and oxygen atoms in total. The topological polar surface area (TPSA) is 106 Å². The molecule has 1 amide bonds. The molecule has 0 bridgehead atoms. The summed E-state index contributed by atoms with van der Waals surface area (Å²) in [7, 11) is 0. The molecular weight excluding hydrogens is 360 g/mol. The zero-order valence-electron chi connectivity index (χ0n) is 16.0. The molecule has 2 N–H and O–H groups in total. The molecule has 0 aliphatic carbocycles. The molecule has 0 unspecified atom stereocenters. The predicted molar refractivity (Wildman–Crippen MR) is 104 cm³/mol. The summed E-state index contributed by atoms with van der Waals surface area (Å²) in [6.45, 7) is 6.40. The van der Waals surface area contributed by atoms with E-state index in [0.717, 1.165) is 5.56 Å². The number of amides is 1. The van der Waals surface area contributed by atoms with Crippen molar-refractivity contribution < 1.29 is 18.7 Å². The zero-order chi connectivity index (χ0) is 20.1. The summed E-state index contributed by atoms with van der Waals surface area (Å²) in [5.74, 6) is 0.244. The van der Waals surface area contributed by atoms with Crippen molar-refractivity contribution in [2.45, 2.75) is 20.8 Å². The minimum absolute atomic E-state index is 0.148. The smallest absolute Gasteiger partial charge is 0.342 e. The molecule has 0 saturated carbocycles. The van der Waals surface area contributed by atoms with Crippen molar-refractivity contribution in [3.05, 3.63) is 53.0 Å². The Morgan fingerprint density at radius 3 is 2.75 bits per heavy atom. The maximum atomic E-state index is 12.3. The molecule has 0 saturated heterocycles. The number of hydrogen-bond donors (Lipinski definition) is 2. The molecule has 3 aromatic rings. The maximum absolute atomic E-state index is 12.3. The van der Waals surface area contributed by atoms with Gasteiger partial charge in [-0.1, -0.05) is 17.7 Å². The quantitative estimate of drug-likeness (QED) is 0.478. The number of aromatic nitrogens is 2. The van der Waals surface area contributed by atoms with Crippen molar-refractivity contribution >= 4 is 28.8 Å². The highest BCUT2D eigenvalue weighted by molar-refractivity contribution is 6.07. The number of fused-ring (bicyclic) bond motifs is 1. The van der Waals surface area contributed by atoms with Crippen LogP contribution in [-0.4, -0.2) is 41.5 Å². The molecular formula is C20H22N4O4. The van der Waals surface area contributed by atoms with Crippen LogP contribution in [0.25, 0.3) is 11.1 Å². The number of rotatable bonds is 7. The summed E-state index contributed by atoms with van der Waals surface area (Å²) in [6.07, 6.45) is 1.36. The second-order valence-electron chi connectivity index (χ2n) is 6.21. The predicted octanol–water partition coefficient (Wildman–Crippen LogP) is 2.86. The molecule has 0 spiro atoms. The van der Waals surface area contributed by atoms with Crippen LogP contribution in [0, 0.1) is 13.8 Å². The number of benzene rings is 1. The Labute approximate surface area is 162 Å². The van der Waals surface area contributed by atoms with E-state index in [0.29, 0.717) is 46.9 Å². The molecule has 1 aromatic carbocycles. The van der Waals surface area contributed by atoms with E-state index in [1.54, 1.807) is 19.9 Å². The van der Waals surface area contributed by atoms with Gasteiger partial charge in [0.1, 0.15) is 23.5 Å². The number of nitrogens with zero attached hydrogens (tertiary/aromatic N) is 2. The molecule has 2 heterocycles. The first-order valence-electron chi connectivity index (χ1n) is 9.01. The van der Waals surface area contributed by atoms with Crippen molar-refractivity contribution in [2.75, 3.05) is 25.0 Å². The number of hydrogen-bond acceptors (Lipinski definition) is 7. The fraction of sp³-hybridized carbons (Fsp3) is 0.300. The largest absolute Gasteiger partial charge is 0.462 e. The van der Waals surface area contributed by atoms with E-state index in [1.165, 1.54) is 6.33 Å². The Kier molecular flexibility index (Phi) is 5.88. The standard InChI is InChI=1S/C20H22N4O4/c1-4-27-20(26)15-13(3)28-19-16(15)17(23-11-24-19)21-8-9-22-18(25)14-7-5-6-12(2)10-14/h5-7,10-11H,4,8-9H2,1-3H3,(H,22,25)(H,21,23,24). The van der Waals surface area contributed by atoms with Crippen molar-refractivity contribution in [3.8, 4) is 0 Å². The van der Waals surface area contributed by atoms with E-state index >= 15 is 0 Å². The molecule has 28 heavy (non-hydrogen) atoms.